The second-order valence-electron chi connectivity index (χ2n) is 6.01. The second kappa shape index (κ2) is 7.65. The molecule has 1 heterocycles. The summed E-state index contributed by atoms with van der Waals surface area (Å²) < 4.78 is 1.86. The van der Waals surface area contributed by atoms with Crippen molar-refractivity contribution in [1.82, 2.24) is 15.2 Å². The van der Waals surface area contributed by atoms with Gasteiger partial charge in [-0.25, -0.2) is 0 Å². The van der Waals surface area contributed by atoms with E-state index in [4.69, 9.17) is 5.84 Å². The fourth-order valence-corrected chi connectivity index (χ4v) is 3.17. The molecule has 2 rings (SSSR count). The molecule has 1 saturated carbocycles. The molecule has 1 fully saturated rings. The third-order valence-corrected chi connectivity index (χ3v) is 4.42. The Labute approximate surface area is 116 Å². The van der Waals surface area contributed by atoms with E-state index in [-0.39, 0.29) is 0 Å². The van der Waals surface area contributed by atoms with Crippen molar-refractivity contribution in [1.29, 1.82) is 0 Å². The van der Waals surface area contributed by atoms with Gasteiger partial charge in [0.15, 0.2) is 0 Å². The van der Waals surface area contributed by atoms with Crippen molar-refractivity contribution in [2.24, 2.45) is 18.8 Å². The Balaban J connectivity index is 1.67. The van der Waals surface area contributed by atoms with Crippen molar-refractivity contribution in [2.75, 3.05) is 0 Å². The minimum absolute atomic E-state index is 0.446. The number of rotatable bonds is 7. The van der Waals surface area contributed by atoms with E-state index in [1.54, 1.807) is 0 Å². The van der Waals surface area contributed by atoms with Gasteiger partial charge in [0.05, 0.1) is 6.20 Å². The van der Waals surface area contributed by atoms with E-state index in [0.29, 0.717) is 6.04 Å². The average molecular weight is 264 g/mol. The Morgan fingerprint density at radius 3 is 2.79 bits per heavy atom. The first-order valence-corrected chi connectivity index (χ1v) is 7.71. The molecule has 4 nitrogen and oxygen atoms in total. The summed E-state index contributed by atoms with van der Waals surface area (Å²) in [5.41, 5.74) is 4.30. The highest BCUT2D eigenvalue weighted by Gasteiger charge is 2.15. The van der Waals surface area contributed by atoms with Gasteiger partial charge in [0, 0.05) is 19.3 Å². The number of aryl methyl sites for hydroxylation is 2. The smallest absolute Gasteiger partial charge is 0.0521 e. The molecular formula is C15H28N4. The van der Waals surface area contributed by atoms with Crippen molar-refractivity contribution in [3.05, 3.63) is 18.0 Å². The Bertz CT molecular complexity index is 355. The molecule has 1 aliphatic carbocycles. The van der Waals surface area contributed by atoms with Gasteiger partial charge in [0.1, 0.15) is 0 Å². The summed E-state index contributed by atoms with van der Waals surface area (Å²) in [6.07, 6.45) is 15.9. The molecule has 1 unspecified atom stereocenters. The SMILES string of the molecule is Cn1cc(CCC(CCC2CCCCC2)NN)cn1. The predicted octanol–water partition coefficient (Wildman–Crippen LogP) is 2.55. The second-order valence-corrected chi connectivity index (χ2v) is 6.01. The van der Waals surface area contributed by atoms with Crippen LogP contribution in [-0.2, 0) is 13.5 Å². The van der Waals surface area contributed by atoms with Crippen molar-refractivity contribution in [3.63, 3.8) is 0 Å². The highest BCUT2D eigenvalue weighted by Crippen LogP contribution is 2.28. The number of hydrazine groups is 1. The maximum Gasteiger partial charge on any atom is 0.0521 e. The van der Waals surface area contributed by atoms with E-state index in [9.17, 15) is 0 Å². The highest BCUT2D eigenvalue weighted by atomic mass is 15.2. The van der Waals surface area contributed by atoms with Gasteiger partial charge >= 0.3 is 0 Å². The van der Waals surface area contributed by atoms with Crippen LogP contribution >= 0.6 is 0 Å². The lowest BCUT2D eigenvalue weighted by molar-refractivity contribution is 0.309. The molecule has 19 heavy (non-hydrogen) atoms. The van der Waals surface area contributed by atoms with Crippen molar-refractivity contribution >= 4 is 0 Å². The van der Waals surface area contributed by atoms with Crippen LogP contribution in [0.2, 0.25) is 0 Å². The van der Waals surface area contributed by atoms with Crippen LogP contribution in [-0.4, -0.2) is 15.8 Å². The third-order valence-electron chi connectivity index (χ3n) is 4.42. The van der Waals surface area contributed by atoms with Gasteiger partial charge in [-0.15, -0.1) is 0 Å². The molecular weight excluding hydrogens is 236 g/mol. The van der Waals surface area contributed by atoms with Gasteiger partial charge in [-0.05, 0) is 37.2 Å². The molecule has 0 spiro atoms. The van der Waals surface area contributed by atoms with Crippen LogP contribution in [0.4, 0.5) is 0 Å². The molecule has 0 bridgehead atoms. The topological polar surface area (TPSA) is 55.9 Å². The normalized spacial score (nSPS) is 18.6. The zero-order chi connectivity index (χ0) is 13.5. The van der Waals surface area contributed by atoms with Crippen molar-refractivity contribution in [2.45, 2.75) is 63.8 Å². The largest absolute Gasteiger partial charge is 0.276 e. The molecule has 0 saturated heterocycles. The van der Waals surface area contributed by atoms with E-state index in [2.05, 4.69) is 16.7 Å². The summed E-state index contributed by atoms with van der Waals surface area (Å²) in [6.45, 7) is 0. The van der Waals surface area contributed by atoms with Crippen molar-refractivity contribution in [3.8, 4) is 0 Å². The van der Waals surface area contributed by atoms with Gasteiger partial charge < -0.3 is 0 Å². The molecule has 0 amide bonds. The Hall–Kier alpha value is -0.870. The van der Waals surface area contributed by atoms with Gasteiger partial charge in [-0.2, -0.15) is 5.10 Å². The molecule has 1 aliphatic rings. The van der Waals surface area contributed by atoms with Gasteiger partial charge in [0.25, 0.3) is 0 Å². The number of hydrogen-bond acceptors (Lipinski definition) is 3. The Morgan fingerprint density at radius 2 is 2.16 bits per heavy atom. The Kier molecular flexibility index (Phi) is 5.86. The van der Waals surface area contributed by atoms with E-state index in [0.717, 1.165) is 18.8 Å². The molecule has 0 radical (unpaired) electrons. The first kappa shape index (κ1) is 14.5. The molecule has 4 heteroatoms. The van der Waals surface area contributed by atoms with Gasteiger partial charge in [-0.1, -0.05) is 32.1 Å². The fraction of sp³-hybridized carbons (Fsp3) is 0.800. The first-order valence-electron chi connectivity index (χ1n) is 7.71. The van der Waals surface area contributed by atoms with E-state index >= 15 is 0 Å². The number of hydrogen-bond donors (Lipinski definition) is 2. The lowest BCUT2D eigenvalue weighted by atomic mass is 9.85. The minimum atomic E-state index is 0.446. The standard InChI is InChI=1S/C15H28N4/c1-19-12-14(11-17-19)8-10-15(18-16)9-7-13-5-3-2-4-6-13/h11-13,15,18H,2-10,16H2,1H3. The first-order chi connectivity index (χ1) is 9.28. The molecule has 1 atom stereocenters. The molecule has 108 valence electrons. The quantitative estimate of drug-likeness (QED) is 0.588. The van der Waals surface area contributed by atoms with Crippen LogP contribution in [0.1, 0.15) is 56.9 Å². The summed E-state index contributed by atoms with van der Waals surface area (Å²) in [6, 6.07) is 0.446. The highest BCUT2D eigenvalue weighted by molar-refractivity contribution is 5.03. The number of aromatic nitrogens is 2. The molecule has 0 aromatic carbocycles. The minimum Gasteiger partial charge on any atom is -0.276 e. The van der Waals surface area contributed by atoms with Gasteiger partial charge in [-0.3, -0.25) is 16.0 Å². The van der Waals surface area contributed by atoms with Crippen LogP contribution in [0.15, 0.2) is 12.4 Å². The summed E-state index contributed by atoms with van der Waals surface area (Å²) in [7, 11) is 1.96. The zero-order valence-corrected chi connectivity index (χ0v) is 12.1. The fourth-order valence-electron chi connectivity index (χ4n) is 3.17. The van der Waals surface area contributed by atoms with E-state index < -0.39 is 0 Å². The van der Waals surface area contributed by atoms with Gasteiger partial charge in [0.2, 0.25) is 0 Å². The van der Waals surface area contributed by atoms with Crippen LogP contribution < -0.4 is 11.3 Å². The molecule has 1 aromatic heterocycles. The van der Waals surface area contributed by atoms with Crippen LogP contribution in [0, 0.1) is 5.92 Å². The lowest BCUT2D eigenvalue weighted by Gasteiger charge is -2.24. The molecule has 3 N–H and O–H groups in total. The summed E-state index contributed by atoms with van der Waals surface area (Å²) in [5.74, 6) is 6.63. The number of nitrogens with one attached hydrogen (secondary N) is 1. The molecule has 1 aromatic rings. The zero-order valence-electron chi connectivity index (χ0n) is 12.1. The maximum atomic E-state index is 5.69. The van der Waals surface area contributed by atoms with E-state index in [1.165, 1.54) is 50.5 Å². The van der Waals surface area contributed by atoms with E-state index in [1.807, 2.05) is 17.9 Å². The van der Waals surface area contributed by atoms with Crippen LogP contribution in [0.5, 0.6) is 0 Å². The van der Waals surface area contributed by atoms with Crippen LogP contribution in [0.3, 0.4) is 0 Å². The van der Waals surface area contributed by atoms with Crippen LogP contribution in [0.25, 0.3) is 0 Å². The average Bonchev–Trinajstić information content (AvgIpc) is 2.86. The predicted molar refractivity (Wildman–Crippen MR) is 78.4 cm³/mol. The number of nitrogens with zero attached hydrogens (tertiary/aromatic N) is 2. The maximum absolute atomic E-state index is 5.69. The number of nitrogens with two attached hydrogens (primary N) is 1. The third kappa shape index (κ3) is 4.96. The summed E-state index contributed by atoms with van der Waals surface area (Å²) in [5, 5.41) is 4.20. The lowest BCUT2D eigenvalue weighted by Crippen LogP contribution is -2.35. The van der Waals surface area contributed by atoms with Crippen molar-refractivity contribution < 1.29 is 0 Å². The molecule has 0 aliphatic heterocycles. The monoisotopic (exact) mass is 264 g/mol. The summed E-state index contributed by atoms with van der Waals surface area (Å²) in [4.78, 5) is 0. The Morgan fingerprint density at radius 1 is 1.37 bits per heavy atom. The summed E-state index contributed by atoms with van der Waals surface area (Å²) >= 11 is 0.